The molecule has 0 saturated carbocycles. The first kappa shape index (κ1) is 13.3. The summed E-state index contributed by atoms with van der Waals surface area (Å²) >= 11 is 9.50. The molecule has 0 fully saturated rings. The van der Waals surface area contributed by atoms with E-state index in [1.54, 1.807) is 6.07 Å². The fraction of sp³-hybridized carbons (Fsp3) is 0.133. The van der Waals surface area contributed by atoms with Crippen molar-refractivity contribution in [3.63, 3.8) is 0 Å². The van der Waals surface area contributed by atoms with Gasteiger partial charge in [0.2, 0.25) is 0 Å². The molecular formula is C15H12BrClO. The van der Waals surface area contributed by atoms with Crippen LogP contribution in [-0.2, 0) is 0 Å². The zero-order valence-electron chi connectivity index (χ0n) is 10.1. The Bertz CT molecular complexity index is 616. The maximum Gasteiger partial charge on any atom is 0.194 e. The highest BCUT2D eigenvalue weighted by Crippen LogP contribution is 2.28. The molecule has 0 unspecified atom stereocenters. The number of carbonyl (C=O) groups is 1. The van der Waals surface area contributed by atoms with Crippen LogP contribution in [-0.4, -0.2) is 5.78 Å². The van der Waals surface area contributed by atoms with Crippen LogP contribution in [0.25, 0.3) is 0 Å². The molecule has 0 bridgehead atoms. The first-order valence-electron chi connectivity index (χ1n) is 5.56. The summed E-state index contributed by atoms with van der Waals surface area (Å²) in [5, 5.41) is 0.461. The normalized spacial score (nSPS) is 10.4. The van der Waals surface area contributed by atoms with Crippen molar-refractivity contribution >= 4 is 33.3 Å². The molecule has 0 aliphatic heterocycles. The van der Waals surface area contributed by atoms with Gasteiger partial charge in [0.05, 0.1) is 5.02 Å². The van der Waals surface area contributed by atoms with Crippen molar-refractivity contribution < 1.29 is 4.79 Å². The summed E-state index contributed by atoms with van der Waals surface area (Å²) in [5.74, 6) is -0.0394. The molecule has 0 spiro atoms. The van der Waals surface area contributed by atoms with E-state index in [0.29, 0.717) is 16.1 Å². The number of hydrogen-bond donors (Lipinski definition) is 0. The monoisotopic (exact) mass is 322 g/mol. The number of aryl methyl sites for hydroxylation is 2. The quantitative estimate of drug-likeness (QED) is 0.715. The van der Waals surface area contributed by atoms with Gasteiger partial charge >= 0.3 is 0 Å². The summed E-state index contributed by atoms with van der Waals surface area (Å²) in [5.41, 5.74) is 3.26. The van der Waals surface area contributed by atoms with Gasteiger partial charge in [0.1, 0.15) is 0 Å². The fourth-order valence-electron chi connectivity index (χ4n) is 1.80. The minimum atomic E-state index is -0.0394. The van der Waals surface area contributed by atoms with Crippen LogP contribution in [0.2, 0.25) is 5.02 Å². The maximum absolute atomic E-state index is 12.5. The zero-order valence-corrected chi connectivity index (χ0v) is 12.5. The summed E-state index contributed by atoms with van der Waals surface area (Å²) in [6.07, 6.45) is 0. The molecule has 0 saturated heterocycles. The van der Waals surface area contributed by atoms with E-state index in [-0.39, 0.29) is 5.78 Å². The van der Waals surface area contributed by atoms with Gasteiger partial charge in [-0.15, -0.1) is 0 Å². The van der Waals surface area contributed by atoms with E-state index < -0.39 is 0 Å². The molecule has 0 aliphatic carbocycles. The Hall–Kier alpha value is -1.12. The van der Waals surface area contributed by atoms with Gasteiger partial charge in [-0.2, -0.15) is 0 Å². The smallest absolute Gasteiger partial charge is 0.194 e. The molecule has 1 nitrogen and oxygen atoms in total. The number of rotatable bonds is 2. The lowest BCUT2D eigenvalue weighted by Gasteiger charge is -2.08. The molecule has 0 aliphatic rings. The van der Waals surface area contributed by atoms with Crippen molar-refractivity contribution in [2.45, 2.75) is 13.8 Å². The van der Waals surface area contributed by atoms with Gasteiger partial charge in [-0.05, 0) is 53.5 Å². The predicted octanol–water partition coefficient (Wildman–Crippen LogP) is 4.95. The third-order valence-corrected chi connectivity index (χ3v) is 4.13. The minimum absolute atomic E-state index is 0.0394. The average molecular weight is 324 g/mol. The second kappa shape index (κ2) is 5.25. The maximum atomic E-state index is 12.5. The van der Waals surface area contributed by atoms with E-state index in [0.717, 1.165) is 15.6 Å². The lowest BCUT2D eigenvalue weighted by molar-refractivity contribution is 0.103. The van der Waals surface area contributed by atoms with Crippen molar-refractivity contribution in [3.05, 3.63) is 68.1 Å². The highest BCUT2D eigenvalue weighted by molar-refractivity contribution is 9.10. The summed E-state index contributed by atoms with van der Waals surface area (Å²) < 4.78 is 0.736. The largest absolute Gasteiger partial charge is 0.289 e. The average Bonchev–Trinajstić information content (AvgIpc) is 2.35. The Balaban J connectivity index is 2.55. The highest BCUT2D eigenvalue weighted by atomic mass is 79.9. The van der Waals surface area contributed by atoms with Crippen LogP contribution in [0.4, 0.5) is 0 Å². The molecule has 0 aromatic heterocycles. The molecule has 2 aromatic carbocycles. The second-order valence-corrected chi connectivity index (χ2v) is 5.48. The molecule has 18 heavy (non-hydrogen) atoms. The minimum Gasteiger partial charge on any atom is -0.289 e. The van der Waals surface area contributed by atoms with Gasteiger partial charge in [0.25, 0.3) is 0 Å². The predicted molar refractivity (Wildman–Crippen MR) is 78.5 cm³/mol. The molecule has 0 atom stereocenters. The van der Waals surface area contributed by atoms with Crippen LogP contribution in [0.3, 0.4) is 0 Å². The Labute approximate surface area is 120 Å². The van der Waals surface area contributed by atoms with Crippen molar-refractivity contribution in [1.29, 1.82) is 0 Å². The summed E-state index contributed by atoms with van der Waals surface area (Å²) in [6, 6.07) is 11.2. The van der Waals surface area contributed by atoms with Crippen LogP contribution < -0.4 is 0 Å². The molecule has 92 valence electrons. The number of hydrogen-bond acceptors (Lipinski definition) is 1. The van der Waals surface area contributed by atoms with Gasteiger partial charge < -0.3 is 0 Å². The lowest BCUT2D eigenvalue weighted by atomic mass is 9.97. The first-order valence-corrected chi connectivity index (χ1v) is 6.74. The Kier molecular flexibility index (Phi) is 3.88. The first-order chi connectivity index (χ1) is 8.50. The number of carbonyl (C=O) groups excluding carboxylic acids is 1. The molecule has 0 heterocycles. The van der Waals surface area contributed by atoms with E-state index in [1.807, 2.05) is 44.2 Å². The van der Waals surface area contributed by atoms with Gasteiger partial charge in [0.15, 0.2) is 5.78 Å². The Morgan fingerprint density at radius 1 is 1.11 bits per heavy atom. The SMILES string of the molecule is Cc1ccc(C)c(C(=O)c2cccc(Br)c2Cl)c1. The number of benzene rings is 2. The van der Waals surface area contributed by atoms with Crippen molar-refractivity contribution in [2.24, 2.45) is 0 Å². The lowest BCUT2D eigenvalue weighted by Crippen LogP contribution is -2.05. The molecule has 3 heteroatoms. The van der Waals surface area contributed by atoms with Gasteiger partial charge in [0, 0.05) is 15.6 Å². The number of ketones is 1. The third-order valence-electron chi connectivity index (χ3n) is 2.83. The summed E-state index contributed by atoms with van der Waals surface area (Å²) in [7, 11) is 0. The van der Waals surface area contributed by atoms with Crippen molar-refractivity contribution in [3.8, 4) is 0 Å². The second-order valence-electron chi connectivity index (χ2n) is 4.25. The van der Waals surface area contributed by atoms with E-state index in [1.165, 1.54) is 0 Å². The van der Waals surface area contributed by atoms with E-state index in [2.05, 4.69) is 15.9 Å². The molecule has 2 rings (SSSR count). The van der Waals surface area contributed by atoms with Gasteiger partial charge in [-0.25, -0.2) is 0 Å². The van der Waals surface area contributed by atoms with Crippen LogP contribution in [0.5, 0.6) is 0 Å². The third kappa shape index (κ3) is 2.50. The van der Waals surface area contributed by atoms with Crippen LogP contribution in [0, 0.1) is 13.8 Å². The number of halogens is 2. The Morgan fingerprint density at radius 2 is 1.83 bits per heavy atom. The van der Waals surface area contributed by atoms with E-state index >= 15 is 0 Å². The highest BCUT2D eigenvalue weighted by Gasteiger charge is 2.16. The topological polar surface area (TPSA) is 17.1 Å². The zero-order chi connectivity index (χ0) is 13.3. The standard InChI is InChI=1S/C15H12BrClO/c1-9-6-7-10(2)12(8-9)15(18)11-4-3-5-13(16)14(11)17/h3-8H,1-2H3. The van der Waals surface area contributed by atoms with Crippen molar-refractivity contribution in [1.82, 2.24) is 0 Å². The van der Waals surface area contributed by atoms with Gasteiger partial charge in [-0.1, -0.05) is 35.4 Å². The molecule has 2 aromatic rings. The van der Waals surface area contributed by atoms with Crippen LogP contribution >= 0.6 is 27.5 Å². The van der Waals surface area contributed by atoms with Gasteiger partial charge in [-0.3, -0.25) is 4.79 Å². The summed E-state index contributed by atoms with van der Waals surface area (Å²) in [4.78, 5) is 12.5. The fourth-order valence-corrected chi connectivity index (χ4v) is 2.38. The summed E-state index contributed by atoms with van der Waals surface area (Å²) in [6.45, 7) is 3.90. The van der Waals surface area contributed by atoms with E-state index in [4.69, 9.17) is 11.6 Å². The van der Waals surface area contributed by atoms with Crippen LogP contribution in [0.1, 0.15) is 27.0 Å². The van der Waals surface area contributed by atoms with E-state index in [9.17, 15) is 4.79 Å². The molecule has 0 N–H and O–H groups in total. The molecular weight excluding hydrogens is 312 g/mol. The van der Waals surface area contributed by atoms with Crippen LogP contribution in [0.15, 0.2) is 40.9 Å². The molecule has 0 amide bonds. The Morgan fingerprint density at radius 3 is 2.56 bits per heavy atom. The molecule has 0 radical (unpaired) electrons. The van der Waals surface area contributed by atoms with Crippen molar-refractivity contribution in [2.75, 3.05) is 0 Å².